The van der Waals surface area contributed by atoms with Crippen molar-refractivity contribution in [1.29, 1.82) is 0 Å². The van der Waals surface area contributed by atoms with E-state index in [4.69, 9.17) is 0 Å². The number of thioether (sulfide) groups is 1. The summed E-state index contributed by atoms with van der Waals surface area (Å²) in [4.78, 5) is 51.9. The molecule has 37 heavy (non-hydrogen) atoms. The molecule has 1 aliphatic rings. The zero-order chi connectivity index (χ0) is 25.9. The van der Waals surface area contributed by atoms with Crippen molar-refractivity contribution in [2.75, 3.05) is 17.6 Å². The van der Waals surface area contributed by atoms with Gasteiger partial charge in [-0.25, -0.2) is 4.79 Å². The van der Waals surface area contributed by atoms with Crippen molar-refractivity contribution in [3.8, 4) is 0 Å². The summed E-state index contributed by atoms with van der Waals surface area (Å²) in [6.07, 6.45) is 0.654. The Hall–Kier alpha value is -4.43. The summed E-state index contributed by atoms with van der Waals surface area (Å²) in [5.41, 5.74) is 1.88. The fourth-order valence-corrected chi connectivity index (χ4v) is 5.23. The summed E-state index contributed by atoms with van der Waals surface area (Å²) >= 11 is 1.59. The summed E-state index contributed by atoms with van der Waals surface area (Å²) < 4.78 is 0. The molecule has 7 nitrogen and oxygen atoms in total. The van der Waals surface area contributed by atoms with Crippen molar-refractivity contribution in [2.45, 2.75) is 11.3 Å². The highest BCUT2D eigenvalue weighted by atomic mass is 32.2. The quantitative estimate of drug-likeness (QED) is 0.183. The molecule has 0 saturated carbocycles. The number of benzene rings is 4. The number of carboxylic acids is 1. The summed E-state index contributed by atoms with van der Waals surface area (Å²) in [7, 11) is 0. The minimum Gasteiger partial charge on any atom is -0.478 e. The molecular formula is C29H22N2O5S. The van der Waals surface area contributed by atoms with Crippen LogP contribution in [0.15, 0.2) is 89.8 Å². The van der Waals surface area contributed by atoms with Gasteiger partial charge in [0.25, 0.3) is 17.7 Å². The van der Waals surface area contributed by atoms with Gasteiger partial charge in [0.1, 0.15) is 0 Å². The lowest BCUT2D eigenvalue weighted by atomic mass is 9.98. The number of anilines is 1. The summed E-state index contributed by atoms with van der Waals surface area (Å²) in [6, 6.07) is 24.2. The van der Waals surface area contributed by atoms with Crippen molar-refractivity contribution >= 4 is 51.9 Å². The van der Waals surface area contributed by atoms with Gasteiger partial charge in [0.05, 0.1) is 16.7 Å². The maximum absolute atomic E-state index is 13.0. The van der Waals surface area contributed by atoms with E-state index in [0.29, 0.717) is 51.9 Å². The van der Waals surface area contributed by atoms with Crippen molar-refractivity contribution in [3.05, 3.63) is 107 Å². The molecule has 1 heterocycles. The normalized spacial score (nSPS) is 12.6. The van der Waals surface area contributed by atoms with Gasteiger partial charge in [0.15, 0.2) is 0 Å². The second-order valence-corrected chi connectivity index (χ2v) is 9.67. The van der Waals surface area contributed by atoms with Crippen LogP contribution >= 0.6 is 11.8 Å². The van der Waals surface area contributed by atoms with E-state index in [0.717, 1.165) is 4.90 Å². The Morgan fingerprint density at radius 1 is 0.784 bits per heavy atom. The monoisotopic (exact) mass is 510 g/mol. The van der Waals surface area contributed by atoms with Gasteiger partial charge in [-0.15, -0.1) is 11.8 Å². The second-order valence-electron chi connectivity index (χ2n) is 8.50. The highest BCUT2D eigenvalue weighted by Gasteiger charge is 2.34. The number of fused-ring (bicyclic) bond motifs is 2. The SMILES string of the molecule is O=C(O)c1cccc2cccc(C(=O)Nc3ccc(SCCCN4C(=O)c5ccccc5C4=O)cc3)c12. The molecular weight excluding hydrogens is 488 g/mol. The molecule has 0 atom stereocenters. The second kappa shape index (κ2) is 10.3. The molecule has 0 bridgehead atoms. The number of hydrogen-bond donors (Lipinski definition) is 2. The number of carbonyl (C=O) groups is 4. The van der Waals surface area contributed by atoms with Crippen molar-refractivity contribution in [2.24, 2.45) is 0 Å². The largest absolute Gasteiger partial charge is 0.478 e. The first-order chi connectivity index (χ1) is 17.9. The van der Waals surface area contributed by atoms with Crippen LogP contribution in [0.25, 0.3) is 10.8 Å². The van der Waals surface area contributed by atoms with Crippen LogP contribution in [0.3, 0.4) is 0 Å². The first-order valence-corrected chi connectivity index (χ1v) is 12.7. The van der Waals surface area contributed by atoms with E-state index < -0.39 is 5.97 Å². The number of imide groups is 1. The van der Waals surface area contributed by atoms with Crippen LogP contribution in [-0.4, -0.2) is 46.0 Å². The molecule has 0 saturated heterocycles. The molecule has 0 fully saturated rings. The third-order valence-corrected chi connectivity index (χ3v) is 7.26. The molecule has 5 rings (SSSR count). The first kappa shape index (κ1) is 24.3. The Kier molecular flexibility index (Phi) is 6.74. The van der Waals surface area contributed by atoms with Crippen LogP contribution in [0.4, 0.5) is 5.69 Å². The Bertz CT molecular complexity index is 1510. The van der Waals surface area contributed by atoms with E-state index in [-0.39, 0.29) is 23.3 Å². The van der Waals surface area contributed by atoms with Crippen LogP contribution in [0.5, 0.6) is 0 Å². The number of carbonyl (C=O) groups excluding carboxylic acids is 3. The lowest BCUT2D eigenvalue weighted by molar-refractivity contribution is 0.0651. The van der Waals surface area contributed by atoms with Gasteiger partial charge in [0.2, 0.25) is 0 Å². The van der Waals surface area contributed by atoms with E-state index in [2.05, 4.69) is 5.32 Å². The van der Waals surface area contributed by atoms with Gasteiger partial charge in [-0.05, 0) is 66.1 Å². The summed E-state index contributed by atoms with van der Waals surface area (Å²) in [5.74, 6) is -1.25. The number of carboxylic acid groups (broad SMARTS) is 1. The van der Waals surface area contributed by atoms with E-state index in [1.807, 2.05) is 12.1 Å². The van der Waals surface area contributed by atoms with Gasteiger partial charge < -0.3 is 10.4 Å². The number of hydrogen-bond acceptors (Lipinski definition) is 5. The van der Waals surface area contributed by atoms with Crippen molar-refractivity contribution in [1.82, 2.24) is 4.90 Å². The molecule has 0 aliphatic carbocycles. The summed E-state index contributed by atoms with van der Waals surface area (Å²) in [6.45, 7) is 0.358. The van der Waals surface area contributed by atoms with Crippen LogP contribution in [0.2, 0.25) is 0 Å². The number of aromatic carboxylic acids is 1. The zero-order valence-electron chi connectivity index (χ0n) is 19.6. The van der Waals surface area contributed by atoms with Gasteiger partial charge in [-0.2, -0.15) is 0 Å². The topological polar surface area (TPSA) is 104 Å². The fraction of sp³-hybridized carbons (Fsp3) is 0.103. The van der Waals surface area contributed by atoms with Crippen LogP contribution < -0.4 is 5.32 Å². The maximum atomic E-state index is 13.0. The molecule has 3 amide bonds. The Morgan fingerprint density at radius 3 is 2.03 bits per heavy atom. The zero-order valence-corrected chi connectivity index (χ0v) is 20.5. The van der Waals surface area contributed by atoms with Crippen molar-refractivity contribution in [3.63, 3.8) is 0 Å². The average molecular weight is 511 g/mol. The average Bonchev–Trinajstić information content (AvgIpc) is 3.16. The Morgan fingerprint density at radius 2 is 1.41 bits per heavy atom. The molecule has 184 valence electrons. The van der Waals surface area contributed by atoms with Gasteiger partial charge >= 0.3 is 5.97 Å². The van der Waals surface area contributed by atoms with Crippen molar-refractivity contribution < 1.29 is 24.3 Å². The Balaban J connectivity index is 1.18. The molecule has 0 spiro atoms. The number of rotatable bonds is 8. The van der Waals surface area contributed by atoms with E-state index in [1.54, 1.807) is 78.5 Å². The van der Waals surface area contributed by atoms with E-state index in [9.17, 15) is 24.3 Å². The van der Waals surface area contributed by atoms with Crippen LogP contribution in [-0.2, 0) is 0 Å². The molecule has 4 aromatic carbocycles. The standard InChI is InChI=1S/C29H22N2O5S/c32-26(23-10-3-6-18-7-4-11-24(25(18)23)29(35)36)30-19-12-14-20(15-13-19)37-17-5-16-31-27(33)21-8-1-2-9-22(21)28(31)34/h1-4,6-15H,5,16-17H2,(H,30,32)(H,35,36). The molecule has 0 radical (unpaired) electrons. The molecule has 2 N–H and O–H groups in total. The number of nitrogens with one attached hydrogen (secondary N) is 1. The van der Waals surface area contributed by atoms with Gasteiger partial charge in [0, 0.05) is 28.1 Å². The molecule has 8 heteroatoms. The van der Waals surface area contributed by atoms with E-state index in [1.165, 1.54) is 11.0 Å². The molecule has 0 aromatic heterocycles. The smallest absolute Gasteiger partial charge is 0.336 e. The maximum Gasteiger partial charge on any atom is 0.336 e. The fourth-order valence-electron chi connectivity index (χ4n) is 4.40. The minimum atomic E-state index is -1.09. The Labute approximate surface area is 217 Å². The highest BCUT2D eigenvalue weighted by molar-refractivity contribution is 7.99. The van der Waals surface area contributed by atoms with Gasteiger partial charge in [-0.1, -0.05) is 36.4 Å². The lowest BCUT2D eigenvalue weighted by Crippen LogP contribution is -2.30. The molecule has 4 aromatic rings. The predicted molar refractivity (Wildman–Crippen MR) is 142 cm³/mol. The first-order valence-electron chi connectivity index (χ1n) is 11.7. The van der Waals surface area contributed by atoms with Crippen LogP contribution in [0, 0.1) is 0 Å². The molecule has 0 unspecified atom stereocenters. The predicted octanol–water partition coefficient (Wildman–Crippen LogP) is 5.57. The van der Waals surface area contributed by atoms with E-state index >= 15 is 0 Å². The highest BCUT2D eigenvalue weighted by Crippen LogP contribution is 2.27. The van der Waals surface area contributed by atoms with Crippen LogP contribution in [0.1, 0.15) is 47.9 Å². The molecule has 1 aliphatic heterocycles. The lowest BCUT2D eigenvalue weighted by Gasteiger charge is -2.13. The minimum absolute atomic E-state index is 0.0798. The number of nitrogens with zero attached hydrogens (tertiary/aromatic N) is 1. The summed E-state index contributed by atoms with van der Waals surface area (Å²) in [5, 5.41) is 13.5. The number of amides is 3. The third-order valence-electron chi connectivity index (χ3n) is 6.16. The third kappa shape index (κ3) is 4.83. The van der Waals surface area contributed by atoms with Gasteiger partial charge in [-0.3, -0.25) is 19.3 Å².